The third-order valence-electron chi connectivity index (χ3n) is 5.33. The van der Waals surface area contributed by atoms with Crippen LogP contribution in [0.1, 0.15) is 18.4 Å². The van der Waals surface area contributed by atoms with Crippen LogP contribution in [0.25, 0.3) is 0 Å². The minimum absolute atomic E-state index is 0.0548. The van der Waals surface area contributed by atoms with Gasteiger partial charge >= 0.3 is 0 Å². The van der Waals surface area contributed by atoms with Crippen LogP contribution in [0, 0.1) is 0 Å². The number of carbonyl (C=O) groups is 1. The molecule has 0 radical (unpaired) electrons. The summed E-state index contributed by atoms with van der Waals surface area (Å²) in [5, 5.41) is 3.63. The first kappa shape index (κ1) is 19.1. The first-order valence-electron chi connectivity index (χ1n) is 9.06. The number of rotatable bonds is 5. The minimum atomic E-state index is -3.53. The van der Waals surface area contributed by atoms with Gasteiger partial charge in [0.25, 0.3) is 5.91 Å². The Bertz CT molecular complexity index is 1020. The lowest BCUT2D eigenvalue weighted by molar-refractivity contribution is -0.127. The number of fused-ring (bicyclic) bond motifs is 1. The van der Waals surface area contributed by atoms with Crippen LogP contribution in [-0.2, 0) is 20.2 Å². The number of sulfonamides is 1. The first-order chi connectivity index (χ1) is 13.3. The molecular weight excluding hydrogens is 400 g/mol. The third kappa shape index (κ3) is 3.56. The summed E-state index contributed by atoms with van der Waals surface area (Å²) in [7, 11) is -3.53. The van der Waals surface area contributed by atoms with Crippen molar-refractivity contribution >= 4 is 33.2 Å². The quantitative estimate of drug-likeness (QED) is 0.806. The number of anilines is 1. The Balaban J connectivity index is 1.50. The molecule has 1 aliphatic carbocycles. The molecule has 2 aromatic rings. The summed E-state index contributed by atoms with van der Waals surface area (Å²) in [4.78, 5) is 12.8. The number of carbonyl (C=O) groups excluding carboxylic acids is 1. The Labute approximate surface area is 169 Å². The highest BCUT2D eigenvalue weighted by Crippen LogP contribution is 2.49. The number of nitrogens with zero attached hydrogens (tertiary/aromatic N) is 1. The summed E-state index contributed by atoms with van der Waals surface area (Å²) in [6.07, 6.45) is 2.11. The molecule has 8 heteroatoms. The van der Waals surface area contributed by atoms with Gasteiger partial charge in [0.05, 0.1) is 18.5 Å². The number of benzene rings is 2. The minimum Gasteiger partial charge on any atom is -0.476 e. The van der Waals surface area contributed by atoms with Gasteiger partial charge in [-0.2, -0.15) is 0 Å². The number of nitrogens with one attached hydrogen (secondary N) is 1. The molecule has 1 heterocycles. The molecule has 1 N–H and O–H groups in total. The van der Waals surface area contributed by atoms with E-state index in [-0.39, 0.29) is 17.9 Å². The molecule has 1 saturated carbocycles. The predicted molar refractivity (Wildman–Crippen MR) is 108 cm³/mol. The van der Waals surface area contributed by atoms with Crippen molar-refractivity contribution in [3.8, 4) is 5.75 Å². The lowest BCUT2D eigenvalue weighted by Gasteiger charge is -2.34. The lowest BCUT2D eigenvalue weighted by atomic mass is 9.96. The zero-order chi connectivity index (χ0) is 19.9. The van der Waals surface area contributed by atoms with Crippen LogP contribution >= 0.6 is 11.6 Å². The topological polar surface area (TPSA) is 75.7 Å². The van der Waals surface area contributed by atoms with Crippen molar-refractivity contribution in [3.05, 3.63) is 59.1 Å². The monoisotopic (exact) mass is 420 g/mol. The van der Waals surface area contributed by atoms with Crippen molar-refractivity contribution in [2.24, 2.45) is 0 Å². The van der Waals surface area contributed by atoms with Crippen LogP contribution in [0.5, 0.6) is 5.75 Å². The predicted octanol–water partition coefficient (Wildman–Crippen LogP) is 2.72. The van der Waals surface area contributed by atoms with Crippen LogP contribution in [-0.4, -0.2) is 39.8 Å². The van der Waals surface area contributed by atoms with E-state index in [1.165, 1.54) is 4.31 Å². The maximum absolute atomic E-state index is 12.8. The molecule has 6 nitrogen and oxygen atoms in total. The van der Waals surface area contributed by atoms with Gasteiger partial charge in [-0.05, 0) is 36.6 Å². The number of ether oxygens (including phenoxy) is 1. The highest BCUT2D eigenvalue weighted by molar-refractivity contribution is 7.92. The van der Waals surface area contributed by atoms with Gasteiger partial charge < -0.3 is 10.1 Å². The zero-order valence-electron chi connectivity index (χ0n) is 15.4. The van der Waals surface area contributed by atoms with Crippen LogP contribution in [0.2, 0.25) is 5.02 Å². The second-order valence-electron chi connectivity index (χ2n) is 7.35. The Hall–Kier alpha value is -2.25. The zero-order valence-corrected chi connectivity index (χ0v) is 17.0. The van der Waals surface area contributed by atoms with Gasteiger partial charge in [-0.1, -0.05) is 41.9 Å². The molecule has 0 aromatic heterocycles. The molecule has 4 rings (SSSR count). The fourth-order valence-electron chi connectivity index (χ4n) is 3.61. The number of amides is 1. The molecule has 0 saturated heterocycles. The Morgan fingerprint density at radius 1 is 1.21 bits per heavy atom. The van der Waals surface area contributed by atoms with Crippen LogP contribution in [0.4, 0.5) is 5.69 Å². The van der Waals surface area contributed by atoms with E-state index in [1.54, 1.807) is 24.3 Å². The van der Waals surface area contributed by atoms with Gasteiger partial charge in [0, 0.05) is 17.0 Å². The van der Waals surface area contributed by atoms with Crippen LogP contribution < -0.4 is 14.4 Å². The van der Waals surface area contributed by atoms with Crippen molar-refractivity contribution in [3.63, 3.8) is 0 Å². The molecule has 1 fully saturated rings. The van der Waals surface area contributed by atoms with Gasteiger partial charge in [-0.25, -0.2) is 8.42 Å². The van der Waals surface area contributed by atoms with Crippen LogP contribution in [0.15, 0.2) is 48.5 Å². The van der Waals surface area contributed by atoms with E-state index in [0.717, 1.165) is 24.7 Å². The van der Waals surface area contributed by atoms with Crippen molar-refractivity contribution in [2.75, 3.05) is 23.7 Å². The first-order valence-corrected chi connectivity index (χ1v) is 11.3. The lowest BCUT2D eigenvalue weighted by Crippen LogP contribution is -2.51. The molecule has 0 bridgehead atoms. The maximum Gasteiger partial charge on any atom is 0.263 e. The van der Waals surface area contributed by atoms with Gasteiger partial charge in [-0.15, -0.1) is 0 Å². The van der Waals surface area contributed by atoms with Gasteiger partial charge in [0.2, 0.25) is 10.0 Å². The smallest absolute Gasteiger partial charge is 0.263 e. The summed E-state index contributed by atoms with van der Waals surface area (Å²) in [6, 6.07) is 14.5. The van der Waals surface area contributed by atoms with Gasteiger partial charge in [-0.3, -0.25) is 9.10 Å². The molecule has 1 aliphatic heterocycles. The summed E-state index contributed by atoms with van der Waals surface area (Å²) in [5.74, 6) is 0.0491. The number of halogens is 1. The second kappa shape index (κ2) is 6.97. The Morgan fingerprint density at radius 2 is 1.89 bits per heavy atom. The summed E-state index contributed by atoms with van der Waals surface area (Å²) < 4.78 is 31.4. The van der Waals surface area contributed by atoms with Gasteiger partial charge in [0.15, 0.2) is 6.10 Å². The van der Waals surface area contributed by atoms with E-state index in [4.69, 9.17) is 16.3 Å². The SMILES string of the molecule is CS(=O)(=O)N1CC(C(=O)NCC2(c3ccccc3Cl)CC2)Oc2ccccc21. The second-order valence-corrected chi connectivity index (χ2v) is 9.66. The average Bonchev–Trinajstić information content (AvgIpc) is 3.45. The standard InChI is InChI=1S/C20H21ClN2O4S/c1-28(25,26)23-12-18(27-17-9-5-4-8-16(17)23)19(24)22-13-20(10-11-20)14-6-2-3-7-15(14)21/h2-9,18H,10-13H2,1H3,(H,22,24). The van der Waals surface area contributed by atoms with Crippen molar-refractivity contribution in [1.29, 1.82) is 0 Å². The molecular formula is C20H21ClN2O4S. The molecule has 2 aliphatic rings. The fraction of sp³-hybridized carbons (Fsp3) is 0.350. The number of hydrogen-bond acceptors (Lipinski definition) is 4. The number of hydrogen-bond donors (Lipinski definition) is 1. The van der Waals surface area contributed by atoms with E-state index >= 15 is 0 Å². The van der Waals surface area contributed by atoms with Crippen molar-refractivity contribution < 1.29 is 17.9 Å². The summed E-state index contributed by atoms with van der Waals surface area (Å²) in [5.41, 5.74) is 1.32. The third-order valence-corrected chi connectivity index (χ3v) is 6.80. The highest BCUT2D eigenvalue weighted by Gasteiger charge is 2.46. The molecule has 148 valence electrons. The largest absolute Gasteiger partial charge is 0.476 e. The van der Waals surface area contributed by atoms with Crippen LogP contribution in [0.3, 0.4) is 0 Å². The summed E-state index contributed by atoms with van der Waals surface area (Å²) in [6.45, 7) is 0.386. The van der Waals surface area contributed by atoms with E-state index in [1.807, 2.05) is 24.3 Å². The fourth-order valence-corrected chi connectivity index (χ4v) is 4.86. The molecule has 1 unspecified atom stereocenters. The average molecular weight is 421 g/mol. The molecule has 0 spiro atoms. The molecule has 28 heavy (non-hydrogen) atoms. The summed E-state index contributed by atoms with van der Waals surface area (Å²) >= 11 is 6.33. The van der Waals surface area contributed by atoms with E-state index in [9.17, 15) is 13.2 Å². The van der Waals surface area contributed by atoms with Gasteiger partial charge in [0.1, 0.15) is 5.75 Å². The van der Waals surface area contributed by atoms with Crippen molar-refractivity contribution in [1.82, 2.24) is 5.32 Å². The Morgan fingerprint density at radius 3 is 2.57 bits per heavy atom. The maximum atomic E-state index is 12.8. The molecule has 1 atom stereocenters. The van der Waals surface area contributed by atoms with E-state index in [2.05, 4.69) is 5.32 Å². The Kier molecular flexibility index (Phi) is 4.75. The molecule has 2 aromatic carbocycles. The van der Waals surface area contributed by atoms with Crippen molar-refractivity contribution in [2.45, 2.75) is 24.4 Å². The van der Waals surface area contributed by atoms with E-state index in [0.29, 0.717) is 23.0 Å². The van der Waals surface area contributed by atoms with E-state index < -0.39 is 16.1 Å². The molecule has 1 amide bonds. The highest BCUT2D eigenvalue weighted by atomic mass is 35.5. The number of para-hydroxylation sites is 2. The normalized spacial score (nSPS) is 20.1.